The van der Waals surface area contributed by atoms with Crippen LogP contribution in [0.25, 0.3) is 21.8 Å². The minimum absolute atomic E-state index is 0.0864. The van der Waals surface area contributed by atoms with Crippen molar-refractivity contribution in [3.63, 3.8) is 0 Å². The fourth-order valence-electron chi connectivity index (χ4n) is 3.80. The molecule has 8 heteroatoms. The molecule has 0 bridgehead atoms. The number of benzene rings is 3. The van der Waals surface area contributed by atoms with Crippen LogP contribution in [0.4, 0.5) is 17.2 Å². The van der Waals surface area contributed by atoms with E-state index < -0.39 is 0 Å². The number of ether oxygens (including phenoxy) is 2. The Bertz CT molecular complexity index is 1460. The van der Waals surface area contributed by atoms with Gasteiger partial charge >= 0.3 is 0 Å². The highest BCUT2D eigenvalue weighted by Gasteiger charge is 2.12. The van der Waals surface area contributed by atoms with Crippen LogP contribution < -0.4 is 20.1 Å². The minimum Gasteiger partial charge on any atom is -0.497 e. The third-order valence-corrected chi connectivity index (χ3v) is 5.56. The fraction of sp³-hybridized carbons (Fsp3) is 0.115. The van der Waals surface area contributed by atoms with Crippen molar-refractivity contribution in [3.05, 3.63) is 78.5 Å². The maximum atomic E-state index is 12.4. The smallest absolute Gasteiger partial charge is 0.228 e. The number of nitrogens with one attached hydrogen (secondary N) is 3. The van der Waals surface area contributed by atoms with Gasteiger partial charge < -0.3 is 20.1 Å². The Hall–Kier alpha value is -4.59. The first-order valence-electron chi connectivity index (χ1n) is 10.7. The van der Waals surface area contributed by atoms with Gasteiger partial charge in [-0.15, -0.1) is 0 Å². The van der Waals surface area contributed by atoms with Crippen LogP contribution in [-0.2, 0) is 11.2 Å². The van der Waals surface area contributed by atoms with Crippen LogP contribution in [0, 0.1) is 0 Å². The predicted molar refractivity (Wildman–Crippen MR) is 133 cm³/mol. The van der Waals surface area contributed by atoms with Gasteiger partial charge in [0, 0.05) is 22.1 Å². The minimum atomic E-state index is -0.0864. The number of amides is 1. The maximum absolute atomic E-state index is 12.4. The molecule has 170 valence electrons. The standard InChI is InChI=1S/C26H23N5O3/c1-33-19-9-7-17(8-10-19)28-24(32)13-16-3-5-18(6-4-16)29-26-25-22(15-27-31-25)21-14-20(34-2)11-12-23(21)30-26/h3-12,14-15H,13H2,1-2H3,(H,27,31)(H,28,32)(H,29,30). The van der Waals surface area contributed by atoms with Gasteiger partial charge in [0.15, 0.2) is 5.82 Å². The maximum Gasteiger partial charge on any atom is 0.228 e. The third-order valence-electron chi connectivity index (χ3n) is 5.56. The zero-order valence-corrected chi connectivity index (χ0v) is 18.8. The van der Waals surface area contributed by atoms with E-state index in [1.165, 1.54) is 0 Å². The van der Waals surface area contributed by atoms with Crippen LogP contribution in [0.3, 0.4) is 0 Å². The Labute approximate surface area is 195 Å². The van der Waals surface area contributed by atoms with Crippen molar-refractivity contribution in [3.8, 4) is 11.5 Å². The number of aromatic amines is 1. The van der Waals surface area contributed by atoms with Crippen molar-refractivity contribution < 1.29 is 14.3 Å². The average Bonchev–Trinajstić information content (AvgIpc) is 3.36. The molecule has 2 heterocycles. The van der Waals surface area contributed by atoms with E-state index in [-0.39, 0.29) is 12.3 Å². The first-order valence-corrected chi connectivity index (χ1v) is 10.7. The van der Waals surface area contributed by atoms with Gasteiger partial charge in [-0.25, -0.2) is 4.98 Å². The highest BCUT2D eigenvalue weighted by atomic mass is 16.5. The molecule has 0 aliphatic carbocycles. The van der Waals surface area contributed by atoms with Crippen molar-refractivity contribution in [2.45, 2.75) is 6.42 Å². The number of carbonyl (C=O) groups excluding carboxylic acids is 1. The normalized spacial score (nSPS) is 10.9. The lowest BCUT2D eigenvalue weighted by Gasteiger charge is -2.11. The number of methoxy groups -OCH3 is 2. The van der Waals surface area contributed by atoms with Gasteiger partial charge in [0.1, 0.15) is 17.0 Å². The van der Waals surface area contributed by atoms with E-state index in [9.17, 15) is 4.79 Å². The first-order chi connectivity index (χ1) is 16.6. The molecule has 0 atom stereocenters. The molecule has 0 saturated heterocycles. The average molecular weight is 454 g/mol. The Kier molecular flexibility index (Phi) is 5.70. The quantitative estimate of drug-likeness (QED) is 0.319. The van der Waals surface area contributed by atoms with Crippen molar-refractivity contribution in [2.75, 3.05) is 24.9 Å². The van der Waals surface area contributed by atoms with E-state index in [0.717, 1.165) is 50.2 Å². The highest BCUT2D eigenvalue weighted by molar-refractivity contribution is 6.09. The number of hydrogen-bond donors (Lipinski definition) is 3. The van der Waals surface area contributed by atoms with Crippen molar-refractivity contribution in [2.24, 2.45) is 0 Å². The highest BCUT2D eigenvalue weighted by Crippen LogP contribution is 2.31. The van der Waals surface area contributed by atoms with E-state index in [1.54, 1.807) is 20.4 Å². The molecule has 0 unspecified atom stereocenters. The Balaban J connectivity index is 1.31. The summed E-state index contributed by atoms with van der Waals surface area (Å²) in [7, 11) is 3.25. The number of nitrogens with zero attached hydrogens (tertiary/aromatic N) is 2. The molecule has 5 rings (SSSR count). The second-order valence-corrected chi connectivity index (χ2v) is 7.78. The number of H-pyrrole nitrogens is 1. The summed E-state index contributed by atoms with van der Waals surface area (Å²) < 4.78 is 10.5. The molecule has 0 saturated carbocycles. The molecule has 3 aromatic carbocycles. The van der Waals surface area contributed by atoms with Crippen LogP contribution in [0.2, 0.25) is 0 Å². The fourth-order valence-corrected chi connectivity index (χ4v) is 3.80. The van der Waals surface area contributed by atoms with Crippen molar-refractivity contribution >= 4 is 44.9 Å². The summed E-state index contributed by atoms with van der Waals surface area (Å²) in [6.07, 6.45) is 2.06. The molecular weight excluding hydrogens is 430 g/mol. The summed E-state index contributed by atoms with van der Waals surface area (Å²) in [4.78, 5) is 17.2. The number of pyridine rings is 1. The molecule has 8 nitrogen and oxygen atoms in total. The first kappa shape index (κ1) is 21.3. The molecule has 2 aromatic heterocycles. The molecule has 0 radical (unpaired) electrons. The lowest BCUT2D eigenvalue weighted by molar-refractivity contribution is -0.115. The third kappa shape index (κ3) is 4.33. The SMILES string of the molecule is COc1ccc(NC(=O)Cc2ccc(Nc3nc4ccc(OC)cc4c4cn[nH]c34)cc2)cc1. The van der Waals surface area contributed by atoms with Gasteiger partial charge in [-0.2, -0.15) is 5.10 Å². The monoisotopic (exact) mass is 453 g/mol. The van der Waals surface area contributed by atoms with Gasteiger partial charge in [-0.05, 0) is 60.2 Å². The number of carbonyl (C=O) groups is 1. The number of anilines is 3. The van der Waals surface area contributed by atoms with Crippen molar-refractivity contribution in [1.82, 2.24) is 15.2 Å². The van der Waals surface area contributed by atoms with E-state index in [0.29, 0.717) is 5.82 Å². The lowest BCUT2D eigenvalue weighted by Crippen LogP contribution is -2.14. The summed E-state index contributed by atoms with van der Waals surface area (Å²) in [6.45, 7) is 0. The Morgan fingerprint density at radius 3 is 2.32 bits per heavy atom. The molecule has 34 heavy (non-hydrogen) atoms. The van der Waals surface area contributed by atoms with E-state index in [4.69, 9.17) is 14.5 Å². The van der Waals surface area contributed by atoms with Crippen LogP contribution >= 0.6 is 0 Å². The van der Waals surface area contributed by atoms with Crippen LogP contribution in [0.15, 0.2) is 72.9 Å². The second kappa shape index (κ2) is 9.11. The van der Waals surface area contributed by atoms with Gasteiger partial charge in [0.25, 0.3) is 0 Å². The van der Waals surface area contributed by atoms with Crippen LogP contribution in [0.5, 0.6) is 11.5 Å². The van der Waals surface area contributed by atoms with E-state index in [2.05, 4.69) is 20.8 Å². The second-order valence-electron chi connectivity index (χ2n) is 7.78. The topological polar surface area (TPSA) is 101 Å². The number of fused-ring (bicyclic) bond motifs is 3. The number of hydrogen-bond acceptors (Lipinski definition) is 6. The Morgan fingerprint density at radius 2 is 1.59 bits per heavy atom. The molecule has 0 spiro atoms. The molecule has 0 fully saturated rings. The predicted octanol–water partition coefficient (Wildman–Crippen LogP) is 5.05. The Morgan fingerprint density at radius 1 is 0.882 bits per heavy atom. The molecule has 1 amide bonds. The van der Waals surface area contributed by atoms with E-state index >= 15 is 0 Å². The van der Waals surface area contributed by atoms with Gasteiger partial charge in [-0.3, -0.25) is 9.89 Å². The summed E-state index contributed by atoms with van der Waals surface area (Å²) in [6, 6.07) is 20.7. The lowest BCUT2D eigenvalue weighted by atomic mass is 10.1. The molecule has 5 aromatic rings. The van der Waals surface area contributed by atoms with Gasteiger partial charge in [-0.1, -0.05) is 12.1 Å². The molecular formula is C26H23N5O3. The molecule has 3 N–H and O–H groups in total. The van der Waals surface area contributed by atoms with Gasteiger partial charge in [0.05, 0.1) is 32.4 Å². The van der Waals surface area contributed by atoms with Crippen LogP contribution in [-0.4, -0.2) is 35.3 Å². The molecule has 0 aliphatic heterocycles. The zero-order chi connectivity index (χ0) is 23.5. The van der Waals surface area contributed by atoms with Crippen LogP contribution in [0.1, 0.15) is 5.56 Å². The molecule has 0 aliphatic rings. The van der Waals surface area contributed by atoms with Gasteiger partial charge in [0.2, 0.25) is 5.91 Å². The van der Waals surface area contributed by atoms with Crippen molar-refractivity contribution in [1.29, 1.82) is 0 Å². The summed E-state index contributed by atoms with van der Waals surface area (Å²) in [5, 5.41) is 15.4. The summed E-state index contributed by atoms with van der Waals surface area (Å²) in [5.41, 5.74) is 4.14. The van der Waals surface area contributed by atoms with E-state index in [1.807, 2.05) is 66.7 Å². The summed E-state index contributed by atoms with van der Waals surface area (Å²) in [5.74, 6) is 2.10. The number of aromatic nitrogens is 3. The zero-order valence-electron chi connectivity index (χ0n) is 18.8. The number of rotatable bonds is 7. The largest absolute Gasteiger partial charge is 0.497 e. The summed E-state index contributed by atoms with van der Waals surface area (Å²) >= 11 is 0.